The summed E-state index contributed by atoms with van der Waals surface area (Å²) in [5.41, 5.74) is 0.206. The van der Waals surface area contributed by atoms with Gasteiger partial charge in [-0.25, -0.2) is 28.7 Å². The molecular weight excluding hydrogens is 486 g/mol. The van der Waals surface area contributed by atoms with Crippen LogP contribution < -0.4 is 15.1 Å². The number of hydrogen-bond acceptors (Lipinski definition) is 8. The van der Waals surface area contributed by atoms with E-state index in [1.54, 1.807) is 13.0 Å². The maximum absolute atomic E-state index is 16.0. The molecule has 1 saturated carbocycles. The molecule has 8 rings (SSSR count). The van der Waals surface area contributed by atoms with Gasteiger partial charge in [-0.2, -0.15) is 0 Å². The van der Waals surface area contributed by atoms with E-state index in [-0.39, 0.29) is 6.04 Å². The summed E-state index contributed by atoms with van der Waals surface area (Å²) in [4.78, 5) is 25.8. The number of aryl methyl sites for hydroxylation is 1. The second kappa shape index (κ2) is 8.03. The molecule has 0 spiro atoms. The van der Waals surface area contributed by atoms with Crippen LogP contribution in [0.25, 0.3) is 0 Å². The molecule has 202 valence electrons. The Labute approximate surface area is 222 Å². The van der Waals surface area contributed by atoms with Crippen LogP contribution in [-0.2, 0) is 11.3 Å². The van der Waals surface area contributed by atoms with Gasteiger partial charge in [0.15, 0.2) is 11.3 Å². The lowest BCUT2D eigenvalue weighted by Crippen LogP contribution is -2.32. The summed E-state index contributed by atoms with van der Waals surface area (Å²) in [6.45, 7) is 11.2. The summed E-state index contributed by atoms with van der Waals surface area (Å²) in [6, 6.07) is 1.80. The van der Waals surface area contributed by atoms with Gasteiger partial charge >= 0.3 is 0 Å². The molecule has 6 aliphatic rings. The van der Waals surface area contributed by atoms with Gasteiger partial charge in [0, 0.05) is 82.3 Å². The monoisotopic (exact) mass is 522 g/mol. The molecule has 0 aromatic carbocycles. The minimum absolute atomic E-state index is 0.0124. The van der Waals surface area contributed by atoms with Gasteiger partial charge in [-0.3, -0.25) is 4.90 Å². The van der Waals surface area contributed by atoms with Gasteiger partial charge in [-0.05, 0) is 56.4 Å². The van der Waals surface area contributed by atoms with E-state index >= 15 is 4.39 Å². The van der Waals surface area contributed by atoms with Gasteiger partial charge in [-0.15, -0.1) is 0 Å². The number of nitrogens with one attached hydrogen (secondary N) is 1. The lowest BCUT2D eigenvalue weighted by molar-refractivity contribution is 0.131. The molecule has 5 fully saturated rings. The zero-order chi connectivity index (χ0) is 25.8. The third-order valence-corrected chi connectivity index (χ3v) is 10.1. The number of alkyl halides is 2. The van der Waals surface area contributed by atoms with E-state index in [9.17, 15) is 4.39 Å². The second-order valence-corrected chi connectivity index (χ2v) is 13.0. The molecule has 4 aliphatic heterocycles. The van der Waals surface area contributed by atoms with Crippen LogP contribution in [0.15, 0.2) is 12.3 Å². The largest absolute Gasteiger partial charge is 0.340 e. The van der Waals surface area contributed by atoms with E-state index in [0.717, 1.165) is 63.6 Å². The van der Waals surface area contributed by atoms with E-state index in [1.807, 2.05) is 13.1 Å². The van der Waals surface area contributed by atoms with E-state index in [1.165, 1.54) is 0 Å². The number of anilines is 2. The molecule has 1 N–H and O–H groups in total. The van der Waals surface area contributed by atoms with Crippen LogP contribution in [0.3, 0.4) is 0 Å². The molecule has 10 heteroatoms. The van der Waals surface area contributed by atoms with Crippen molar-refractivity contribution in [3.63, 3.8) is 0 Å². The van der Waals surface area contributed by atoms with E-state index in [0.29, 0.717) is 66.2 Å². The molecule has 38 heavy (non-hydrogen) atoms. The predicted molar refractivity (Wildman–Crippen MR) is 139 cm³/mol. The van der Waals surface area contributed by atoms with Gasteiger partial charge in [0.1, 0.15) is 0 Å². The number of fused-ring (bicyclic) bond motifs is 3. The third kappa shape index (κ3) is 3.66. The van der Waals surface area contributed by atoms with Crippen molar-refractivity contribution in [2.45, 2.75) is 50.5 Å². The van der Waals surface area contributed by atoms with Crippen LogP contribution >= 0.6 is 0 Å². The zero-order valence-electron chi connectivity index (χ0n) is 22.2. The Morgan fingerprint density at radius 1 is 0.868 bits per heavy atom. The quantitative estimate of drug-likeness (QED) is 0.658. The van der Waals surface area contributed by atoms with Crippen molar-refractivity contribution in [3.05, 3.63) is 34.9 Å². The maximum atomic E-state index is 16.0. The van der Waals surface area contributed by atoms with Crippen LogP contribution in [0.5, 0.6) is 0 Å². The van der Waals surface area contributed by atoms with Crippen LogP contribution in [-0.4, -0.2) is 77.2 Å². The fraction of sp³-hybridized carbons (Fsp3) is 0.714. The smallest absolute Gasteiger partial charge is 0.225 e. The van der Waals surface area contributed by atoms with Gasteiger partial charge in [0.2, 0.25) is 11.9 Å². The lowest BCUT2D eigenvalue weighted by atomic mass is 10.0. The number of rotatable bonds is 4. The zero-order valence-corrected chi connectivity index (χ0v) is 22.2. The summed E-state index contributed by atoms with van der Waals surface area (Å²) in [5, 5.41) is 3.47. The number of halogens is 2. The van der Waals surface area contributed by atoms with Crippen LogP contribution in [0, 0.1) is 30.6 Å². The van der Waals surface area contributed by atoms with Crippen molar-refractivity contribution in [2.24, 2.45) is 23.7 Å². The first-order valence-corrected chi connectivity index (χ1v) is 14.3. The fourth-order valence-electron chi connectivity index (χ4n) is 7.85. The van der Waals surface area contributed by atoms with Gasteiger partial charge in [0.25, 0.3) is 0 Å². The highest BCUT2D eigenvalue weighted by Crippen LogP contribution is 2.51. The molecule has 0 radical (unpaired) electrons. The molecule has 4 saturated heterocycles. The standard InChI is InChI=1S/C28H36F2N8/c1-16-5-23(28(30)3-4-28)34-26(33-16)38-14-19-12-36(13-20(19)15-38)22-6-27(2,29)24-21(22)9-32-25(35-24)37-10-17-7-31-8-18(17)11-37/h5,9,17-20,22,31H,3-4,6-8,10-15H2,1-2H3/t17-,18+,19-,20+,22?,27?. The van der Waals surface area contributed by atoms with E-state index < -0.39 is 11.3 Å². The average molecular weight is 523 g/mol. The van der Waals surface area contributed by atoms with Crippen LogP contribution in [0.1, 0.15) is 54.9 Å². The molecule has 0 bridgehead atoms. The molecule has 2 aromatic heterocycles. The highest BCUT2D eigenvalue weighted by Gasteiger charge is 2.51. The predicted octanol–water partition coefficient (Wildman–Crippen LogP) is 2.89. The first kappa shape index (κ1) is 23.4. The summed E-state index contributed by atoms with van der Waals surface area (Å²) < 4.78 is 30.7. The van der Waals surface area contributed by atoms with Crippen molar-refractivity contribution in [1.82, 2.24) is 30.2 Å². The Balaban J connectivity index is 0.980. The highest BCUT2D eigenvalue weighted by molar-refractivity contribution is 5.42. The summed E-state index contributed by atoms with van der Waals surface area (Å²) in [5.74, 6) is 3.57. The van der Waals surface area contributed by atoms with Crippen LogP contribution in [0.2, 0.25) is 0 Å². The Bertz CT molecular complexity index is 1260. The van der Waals surface area contributed by atoms with Crippen molar-refractivity contribution in [3.8, 4) is 0 Å². The first-order valence-electron chi connectivity index (χ1n) is 14.3. The molecule has 6 heterocycles. The molecule has 8 nitrogen and oxygen atoms in total. The Hall–Kier alpha value is -2.46. The van der Waals surface area contributed by atoms with Crippen molar-refractivity contribution in [1.29, 1.82) is 0 Å². The number of likely N-dealkylation sites (tertiary alicyclic amines) is 1. The molecular formula is C28H36F2N8. The third-order valence-electron chi connectivity index (χ3n) is 10.1. The Morgan fingerprint density at radius 3 is 2.21 bits per heavy atom. The van der Waals surface area contributed by atoms with Crippen molar-refractivity contribution >= 4 is 11.9 Å². The molecule has 2 aliphatic carbocycles. The Kier molecular flexibility index (Phi) is 4.95. The van der Waals surface area contributed by atoms with Gasteiger partial charge < -0.3 is 15.1 Å². The molecule has 2 aromatic rings. The molecule has 6 atom stereocenters. The van der Waals surface area contributed by atoms with Crippen LogP contribution in [0.4, 0.5) is 20.7 Å². The number of hydrogen-bond donors (Lipinski definition) is 1. The van der Waals surface area contributed by atoms with Crippen molar-refractivity contribution in [2.75, 3.05) is 62.2 Å². The summed E-state index contributed by atoms with van der Waals surface area (Å²) in [6.07, 6.45) is 3.46. The number of aromatic nitrogens is 4. The average Bonchev–Trinajstić information content (AvgIpc) is 3.36. The highest BCUT2D eigenvalue weighted by atomic mass is 19.1. The first-order chi connectivity index (χ1) is 18.3. The summed E-state index contributed by atoms with van der Waals surface area (Å²) in [7, 11) is 0. The summed E-state index contributed by atoms with van der Waals surface area (Å²) >= 11 is 0. The maximum Gasteiger partial charge on any atom is 0.225 e. The van der Waals surface area contributed by atoms with Crippen molar-refractivity contribution < 1.29 is 8.78 Å². The molecule has 2 unspecified atom stereocenters. The SMILES string of the molecule is Cc1cc(C2(F)CC2)nc(N2C[C@@H]3CN(C4CC(C)(F)c5nc(N6C[C@H]7CNC[C@H]7C6)ncc54)C[C@@H]3C2)n1. The second-order valence-electron chi connectivity index (χ2n) is 13.0. The van der Waals surface area contributed by atoms with E-state index in [4.69, 9.17) is 9.97 Å². The fourth-order valence-corrected chi connectivity index (χ4v) is 7.85. The number of nitrogens with zero attached hydrogens (tertiary/aromatic N) is 7. The minimum Gasteiger partial charge on any atom is -0.340 e. The lowest BCUT2D eigenvalue weighted by Gasteiger charge is -2.27. The van der Waals surface area contributed by atoms with Gasteiger partial charge in [-0.1, -0.05) is 0 Å². The topological polar surface area (TPSA) is 73.3 Å². The molecule has 0 amide bonds. The normalized spacial score (nSPS) is 37.1. The van der Waals surface area contributed by atoms with E-state index in [2.05, 4.69) is 30.0 Å². The minimum atomic E-state index is -1.45. The van der Waals surface area contributed by atoms with Gasteiger partial charge in [0.05, 0.1) is 11.4 Å². The Morgan fingerprint density at radius 2 is 1.53 bits per heavy atom.